The van der Waals surface area contributed by atoms with E-state index in [1.165, 1.54) is 4.90 Å². The van der Waals surface area contributed by atoms with Crippen LogP contribution in [-0.2, 0) is 25.5 Å². The molecule has 2 aromatic carbocycles. The van der Waals surface area contributed by atoms with Crippen molar-refractivity contribution in [2.45, 2.75) is 70.1 Å². The van der Waals surface area contributed by atoms with E-state index in [9.17, 15) is 19.2 Å². The number of rotatable bonds is 7. The first kappa shape index (κ1) is 28.5. The normalized spacial score (nSPS) is 21.2. The molecule has 0 spiro atoms. The molecule has 10 nitrogen and oxygen atoms in total. The Morgan fingerprint density at radius 3 is 2.59 bits per heavy atom. The smallest absolute Gasteiger partial charge is 0.259 e. The summed E-state index contributed by atoms with van der Waals surface area (Å²) in [4.78, 5) is 58.8. The molecule has 0 bridgehead atoms. The number of hydrogen-bond donors (Lipinski definition) is 2. The van der Waals surface area contributed by atoms with E-state index in [-0.39, 0.29) is 29.7 Å². The van der Waals surface area contributed by atoms with Crippen LogP contribution in [0.25, 0.3) is 10.8 Å². The molecule has 0 aliphatic carbocycles. The lowest BCUT2D eigenvalue weighted by atomic mass is 9.89. The molecule has 0 saturated carbocycles. The number of carbonyl (C=O) groups excluding carboxylic acids is 4. The van der Waals surface area contributed by atoms with Crippen molar-refractivity contribution in [3.8, 4) is 0 Å². The second-order valence-corrected chi connectivity index (χ2v) is 11.8. The second-order valence-electron chi connectivity index (χ2n) is 11.8. The maximum absolute atomic E-state index is 13.4. The summed E-state index contributed by atoms with van der Waals surface area (Å²) < 4.78 is 5.36. The number of ether oxygens (including phenoxy) is 1. The number of methoxy groups -OCH3 is 1. The first-order valence-corrected chi connectivity index (χ1v) is 14.0. The van der Waals surface area contributed by atoms with Crippen LogP contribution in [0.1, 0.15) is 62.4 Å². The molecule has 216 valence electrons. The number of benzene rings is 2. The van der Waals surface area contributed by atoms with Gasteiger partial charge in [0.05, 0.1) is 11.2 Å². The predicted octanol–water partition coefficient (Wildman–Crippen LogP) is 2.87. The van der Waals surface area contributed by atoms with E-state index in [4.69, 9.17) is 15.5 Å². The van der Waals surface area contributed by atoms with Gasteiger partial charge in [0.1, 0.15) is 11.6 Å². The minimum absolute atomic E-state index is 0.0183. The number of nitrogens with two attached hydrogens (primary N) is 1. The zero-order chi connectivity index (χ0) is 29.5. The number of nitrogens with one attached hydrogen (secondary N) is 1. The van der Waals surface area contributed by atoms with Crippen molar-refractivity contribution in [2.75, 3.05) is 25.1 Å². The van der Waals surface area contributed by atoms with Crippen molar-refractivity contribution >= 4 is 46.3 Å². The number of amides is 4. The van der Waals surface area contributed by atoms with Crippen LogP contribution in [0.4, 0.5) is 5.69 Å². The van der Waals surface area contributed by atoms with Gasteiger partial charge in [-0.1, -0.05) is 18.2 Å². The van der Waals surface area contributed by atoms with Gasteiger partial charge in [0, 0.05) is 50.2 Å². The molecule has 3 N–H and O–H groups in total. The lowest BCUT2D eigenvalue weighted by Crippen LogP contribution is -2.53. The van der Waals surface area contributed by atoms with E-state index in [0.717, 1.165) is 34.8 Å². The number of anilines is 1. The van der Waals surface area contributed by atoms with Gasteiger partial charge in [-0.05, 0) is 74.9 Å². The Hall–Kier alpha value is -4.05. The van der Waals surface area contributed by atoms with Gasteiger partial charge in [-0.15, -0.1) is 0 Å². The number of hydrogen-bond acceptors (Lipinski definition) is 7. The highest BCUT2D eigenvalue weighted by Crippen LogP contribution is 2.41. The van der Waals surface area contributed by atoms with Crippen molar-refractivity contribution < 1.29 is 23.9 Å². The fraction of sp³-hybridized carbons (Fsp3) is 0.452. The molecule has 3 aliphatic rings. The third-order valence-corrected chi connectivity index (χ3v) is 8.64. The minimum atomic E-state index is -0.852. The molecule has 1 atom stereocenters. The summed E-state index contributed by atoms with van der Waals surface area (Å²) in [6, 6.07) is 8.70. The average molecular weight is 560 g/mol. The van der Waals surface area contributed by atoms with Gasteiger partial charge >= 0.3 is 0 Å². The fourth-order valence-electron chi connectivity index (χ4n) is 5.85. The van der Waals surface area contributed by atoms with Crippen molar-refractivity contribution in [1.29, 1.82) is 0 Å². The molecule has 0 radical (unpaired) electrons. The van der Waals surface area contributed by atoms with Gasteiger partial charge in [-0.3, -0.25) is 34.4 Å². The van der Waals surface area contributed by atoms with E-state index >= 15 is 0 Å². The number of carbonyl (C=O) groups is 4. The molecule has 1 unspecified atom stereocenters. The lowest BCUT2D eigenvalue weighted by molar-refractivity contribution is -0.152. The first-order chi connectivity index (χ1) is 19.5. The predicted molar refractivity (Wildman–Crippen MR) is 157 cm³/mol. The van der Waals surface area contributed by atoms with E-state index < -0.39 is 17.6 Å². The quantitative estimate of drug-likeness (QED) is 0.396. The third kappa shape index (κ3) is 5.24. The Balaban J connectivity index is 1.34. The molecule has 3 aliphatic heterocycles. The van der Waals surface area contributed by atoms with E-state index in [1.54, 1.807) is 33.2 Å². The van der Waals surface area contributed by atoms with Crippen molar-refractivity contribution in [3.63, 3.8) is 0 Å². The number of likely N-dealkylation sites (tertiary alicyclic amines) is 1. The largest absolute Gasteiger partial charge is 0.404 e. The summed E-state index contributed by atoms with van der Waals surface area (Å²) in [5, 5.41) is 4.07. The fourth-order valence-corrected chi connectivity index (χ4v) is 5.85. The number of piperidine rings is 2. The van der Waals surface area contributed by atoms with Crippen LogP contribution in [-0.4, -0.2) is 72.1 Å². The standard InChI is InChI=1S/C31H37N5O5/c1-30(2,41-4)29(40)35-14-12-31(3,13-15-35)33-18-19(17-32)16-20-8-9-23-26-21(20)6-5-7-22(26)28(39)36(23)24-10-11-25(37)34-27(24)38/h5-9,17-18,24H,10-16,32H2,1-4H3,(H,34,37,38). The summed E-state index contributed by atoms with van der Waals surface area (Å²) in [5.74, 6) is -1.02. The maximum Gasteiger partial charge on any atom is 0.259 e. The number of allylic oxidation sites excluding steroid dienone is 1. The molecule has 5 rings (SSSR count). The Morgan fingerprint density at radius 1 is 1.20 bits per heavy atom. The molecule has 2 aromatic rings. The van der Waals surface area contributed by atoms with E-state index in [1.807, 2.05) is 35.4 Å². The molecule has 41 heavy (non-hydrogen) atoms. The Kier molecular flexibility index (Phi) is 7.46. The zero-order valence-electron chi connectivity index (χ0n) is 24.0. The van der Waals surface area contributed by atoms with Crippen LogP contribution in [0.3, 0.4) is 0 Å². The van der Waals surface area contributed by atoms with Crippen LogP contribution in [0.2, 0.25) is 0 Å². The maximum atomic E-state index is 13.4. The van der Waals surface area contributed by atoms with Crippen LogP contribution in [0, 0.1) is 0 Å². The Labute approximate surface area is 239 Å². The van der Waals surface area contributed by atoms with Crippen LogP contribution in [0.15, 0.2) is 47.1 Å². The highest BCUT2D eigenvalue weighted by Gasteiger charge is 2.41. The Bertz CT molecular complexity index is 1490. The second kappa shape index (κ2) is 10.7. The summed E-state index contributed by atoms with van der Waals surface area (Å²) in [5.41, 5.74) is 7.90. The highest BCUT2D eigenvalue weighted by atomic mass is 16.5. The lowest BCUT2D eigenvalue weighted by Gasteiger charge is -2.39. The number of imide groups is 1. The van der Waals surface area contributed by atoms with Crippen LogP contribution in [0.5, 0.6) is 0 Å². The molecular formula is C31H37N5O5. The van der Waals surface area contributed by atoms with Crippen LogP contribution >= 0.6 is 0 Å². The van der Waals surface area contributed by atoms with E-state index in [2.05, 4.69) is 12.2 Å². The molecule has 4 amide bonds. The van der Waals surface area contributed by atoms with Gasteiger partial charge in [0.2, 0.25) is 11.8 Å². The number of nitrogens with zero attached hydrogens (tertiary/aromatic N) is 3. The summed E-state index contributed by atoms with van der Waals surface area (Å²) in [6.45, 7) is 6.86. The van der Waals surface area contributed by atoms with E-state index in [0.29, 0.717) is 37.2 Å². The molecular weight excluding hydrogens is 522 g/mol. The van der Waals surface area contributed by atoms with Gasteiger partial charge in [0.25, 0.3) is 11.8 Å². The first-order valence-electron chi connectivity index (χ1n) is 14.0. The topological polar surface area (TPSA) is 134 Å². The molecule has 0 aromatic heterocycles. The summed E-state index contributed by atoms with van der Waals surface area (Å²) in [7, 11) is 1.55. The Morgan fingerprint density at radius 2 is 1.93 bits per heavy atom. The monoisotopic (exact) mass is 559 g/mol. The SMILES string of the molecule is COC(C)(C)C(=O)N1CCC(C)(N=CC(=CN)Cc2ccc3c4c(cccc24)C(=O)N3C2CCC(=O)NC2=O)CC1. The molecule has 3 heterocycles. The van der Waals surface area contributed by atoms with Gasteiger partial charge < -0.3 is 15.4 Å². The van der Waals surface area contributed by atoms with Crippen molar-refractivity contribution in [2.24, 2.45) is 10.7 Å². The zero-order valence-corrected chi connectivity index (χ0v) is 24.0. The molecule has 10 heteroatoms. The molecule has 2 fully saturated rings. The summed E-state index contributed by atoms with van der Waals surface area (Å²) >= 11 is 0. The molecule has 2 saturated heterocycles. The minimum Gasteiger partial charge on any atom is -0.404 e. The van der Waals surface area contributed by atoms with Crippen molar-refractivity contribution in [1.82, 2.24) is 10.2 Å². The third-order valence-electron chi connectivity index (χ3n) is 8.64. The van der Waals surface area contributed by atoms with Gasteiger partial charge in [-0.2, -0.15) is 0 Å². The summed E-state index contributed by atoms with van der Waals surface area (Å²) in [6.07, 6.45) is 5.82. The van der Waals surface area contributed by atoms with Crippen molar-refractivity contribution in [3.05, 3.63) is 53.2 Å². The average Bonchev–Trinajstić information content (AvgIpc) is 3.24. The van der Waals surface area contributed by atoms with Gasteiger partial charge in [0.15, 0.2) is 0 Å². The van der Waals surface area contributed by atoms with Crippen LogP contribution < -0.4 is 16.0 Å². The highest BCUT2D eigenvalue weighted by molar-refractivity contribution is 6.27. The van der Waals surface area contributed by atoms with Gasteiger partial charge in [-0.25, -0.2) is 0 Å². The number of aliphatic imine (C=N–C) groups is 1.